The van der Waals surface area contributed by atoms with E-state index in [4.69, 9.17) is 0 Å². The monoisotopic (exact) mass is 483 g/mol. The minimum Gasteiger partial charge on any atom is -0.326 e. The van der Waals surface area contributed by atoms with Crippen LogP contribution in [-0.2, 0) is 26.0 Å². The molecule has 2 aliphatic rings. The number of hydrogen-bond donors (Lipinski definition) is 3. The van der Waals surface area contributed by atoms with E-state index in [9.17, 15) is 18.0 Å². The zero-order valence-electron chi connectivity index (χ0n) is 19.8. The molecule has 2 aromatic carbocycles. The molecule has 0 spiro atoms. The van der Waals surface area contributed by atoms with E-state index in [0.717, 1.165) is 42.5 Å². The molecule has 8 heteroatoms. The molecule has 7 nitrogen and oxygen atoms in total. The zero-order chi connectivity index (χ0) is 24.3. The number of fused-ring (bicyclic) bond motifs is 1. The second-order valence-electron chi connectivity index (χ2n) is 9.58. The van der Waals surface area contributed by atoms with Gasteiger partial charge in [-0.2, -0.15) is 0 Å². The van der Waals surface area contributed by atoms with Gasteiger partial charge in [0.15, 0.2) is 0 Å². The van der Waals surface area contributed by atoms with Crippen molar-refractivity contribution in [1.29, 1.82) is 0 Å². The molecule has 182 valence electrons. The highest BCUT2D eigenvalue weighted by Gasteiger charge is 2.28. The van der Waals surface area contributed by atoms with Crippen molar-refractivity contribution in [1.82, 2.24) is 4.72 Å². The predicted octanol–water partition coefficient (Wildman–Crippen LogP) is 4.30. The molecular weight excluding hydrogens is 450 g/mol. The molecule has 2 aromatic rings. The van der Waals surface area contributed by atoms with Crippen molar-refractivity contribution < 1.29 is 18.0 Å². The summed E-state index contributed by atoms with van der Waals surface area (Å²) in [5.74, 6) is 0.167. The molecule has 0 saturated heterocycles. The minimum atomic E-state index is -3.64. The Morgan fingerprint density at radius 2 is 1.76 bits per heavy atom. The average Bonchev–Trinajstić information content (AvgIpc) is 3.00. The largest absolute Gasteiger partial charge is 0.326 e. The van der Waals surface area contributed by atoms with E-state index in [1.165, 1.54) is 5.56 Å². The molecule has 1 fully saturated rings. The maximum atomic E-state index is 12.9. The summed E-state index contributed by atoms with van der Waals surface area (Å²) in [5, 5.41) is 5.86. The Morgan fingerprint density at radius 1 is 1.00 bits per heavy atom. The summed E-state index contributed by atoms with van der Waals surface area (Å²) in [4.78, 5) is 24.6. The highest BCUT2D eigenvalue weighted by molar-refractivity contribution is 7.89. The lowest BCUT2D eigenvalue weighted by Gasteiger charge is -2.28. The van der Waals surface area contributed by atoms with Gasteiger partial charge in [-0.25, -0.2) is 13.1 Å². The lowest BCUT2D eigenvalue weighted by Crippen LogP contribution is -2.33. The molecule has 1 saturated carbocycles. The highest BCUT2D eigenvalue weighted by atomic mass is 32.2. The standard InChI is InChI=1S/C26H33N3O4S/c1-17-6-11-22(14-18(17)2)28-26(31)20-9-7-19(8-10-20)16-27-34(32,33)23-12-13-24-21(15-23)4-3-5-25(30)29-24/h6,11-15,19-20,27H,3-5,7-10,16H2,1-2H3,(H,28,31)(H,29,30). The molecule has 4 rings (SSSR count). The Hall–Kier alpha value is -2.71. The molecule has 3 N–H and O–H groups in total. The number of aryl methyl sites for hydroxylation is 3. The van der Waals surface area contributed by atoms with Gasteiger partial charge in [0.1, 0.15) is 0 Å². The summed E-state index contributed by atoms with van der Waals surface area (Å²) < 4.78 is 28.5. The van der Waals surface area contributed by atoms with Crippen molar-refractivity contribution >= 4 is 33.2 Å². The number of nitrogens with one attached hydrogen (secondary N) is 3. The number of sulfonamides is 1. The molecule has 1 aliphatic carbocycles. The second-order valence-corrected chi connectivity index (χ2v) is 11.3. The van der Waals surface area contributed by atoms with Crippen LogP contribution in [0.25, 0.3) is 0 Å². The number of hydrogen-bond acceptors (Lipinski definition) is 4. The van der Waals surface area contributed by atoms with Crippen molar-refractivity contribution in [2.45, 2.75) is 63.7 Å². The van der Waals surface area contributed by atoms with Crippen molar-refractivity contribution in [3.63, 3.8) is 0 Å². The molecule has 34 heavy (non-hydrogen) atoms. The molecular formula is C26H33N3O4S. The number of anilines is 2. The normalized spacial score (nSPS) is 20.7. The first-order valence-electron chi connectivity index (χ1n) is 12.0. The average molecular weight is 484 g/mol. The summed E-state index contributed by atoms with van der Waals surface area (Å²) in [6.45, 7) is 4.44. The summed E-state index contributed by atoms with van der Waals surface area (Å²) >= 11 is 0. The smallest absolute Gasteiger partial charge is 0.240 e. The van der Waals surface area contributed by atoms with Crippen LogP contribution < -0.4 is 15.4 Å². The topological polar surface area (TPSA) is 104 Å². The number of carbonyl (C=O) groups excluding carboxylic acids is 2. The van der Waals surface area contributed by atoms with E-state index in [2.05, 4.69) is 15.4 Å². The molecule has 1 heterocycles. The Morgan fingerprint density at radius 3 is 2.50 bits per heavy atom. The van der Waals surface area contributed by atoms with Crippen LogP contribution in [0.1, 0.15) is 55.2 Å². The van der Waals surface area contributed by atoms with Gasteiger partial charge in [-0.3, -0.25) is 9.59 Å². The van der Waals surface area contributed by atoms with E-state index in [0.29, 0.717) is 31.5 Å². The van der Waals surface area contributed by atoms with Crippen LogP contribution in [0.3, 0.4) is 0 Å². The number of carbonyl (C=O) groups is 2. The Labute approximate surface area is 201 Å². The first-order valence-corrected chi connectivity index (χ1v) is 13.5. The summed E-state index contributed by atoms with van der Waals surface area (Å²) in [7, 11) is -3.64. The first-order chi connectivity index (χ1) is 16.2. The van der Waals surface area contributed by atoms with Gasteiger partial charge in [0.25, 0.3) is 0 Å². The zero-order valence-corrected chi connectivity index (χ0v) is 20.6. The molecule has 0 atom stereocenters. The third-order valence-corrected chi connectivity index (χ3v) is 8.49. The van der Waals surface area contributed by atoms with Gasteiger partial charge in [-0.15, -0.1) is 0 Å². The van der Waals surface area contributed by atoms with Crippen LogP contribution in [0, 0.1) is 25.7 Å². The molecule has 0 unspecified atom stereocenters. The predicted molar refractivity (Wildman–Crippen MR) is 133 cm³/mol. The van der Waals surface area contributed by atoms with E-state index < -0.39 is 10.0 Å². The van der Waals surface area contributed by atoms with Crippen molar-refractivity contribution in [3.8, 4) is 0 Å². The maximum Gasteiger partial charge on any atom is 0.240 e. The fraction of sp³-hybridized carbons (Fsp3) is 0.462. The minimum absolute atomic E-state index is 0.0363. The Bertz CT molecular complexity index is 1180. The van der Waals surface area contributed by atoms with Crippen molar-refractivity contribution in [2.75, 3.05) is 17.2 Å². The Kier molecular flexibility index (Phi) is 7.38. The maximum absolute atomic E-state index is 12.9. The number of amides is 2. The van der Waals surface area contributed by atoms with Gasteiger partial charge in [0.2, 0.25) is 21.8 Å². The first kappa shape index (κ1) is 24.4. The van der Waals surface area contributed by atoms with Crippen LogP contribution >= 0.6 is 0 Å². The number of benzene rings is 2. The third-order valence-electron chi connectivity index (χ3n) is 7.07. The van der Waals surface area contributed by atoms with E-state index in [1.54, 1.807) is 18.2 Å². The van der Waals surface area contributed by atoms with Gasteiger partial charge >= 0.3 is 0 Å². The lowest BCUT2D eigenvalue weighted by molar-refractivity contribution is -0.121. The van der Waals surface area contributed by atoms with Gasteiger partial charge < -0.3 is 10.6 Å². The third kappa shape index (κ3) is 5.85. The molecule has 0 bridgehead atoms. The number of rotatable bonds is 6. The van der Waals surface area contributed by atoms with E-state index in [-0.39, 0.29) is 28.5 Å². The van der Waals surface area contributed by atoms with Gasteiger partial charge in [-0.05, 0) is 105 Å². The fourth-order valence-corrected chi connectivity index (χ4v) is 5.89. The molecule has 0 aromatic heterocycles. The van der Waals surface area contributed by atoms with Crippen LogP contribution in [0.5, 0.6) is 0 Å². The fourth-order valence-electron chi connectivity index (χ4n) is 4.72. The summed E-state index contributed by atoms with van der Waals surface area (Å²) in [5.41, 5.74) is 4.71. The van der Waals surface area contributed by atoms with Gasteiger partial charge in [0, 0.05) is 30.3 Å². The molecule has 0 radical (unpaired) electrons. The van der Waals surface area contributed by atoms with Crippen LogP contribution in [0.2, 0.25) is 0 Å². The van der Waals surface area contributed by atoms with Crippen molar-refractivity contribution in [2.24, 2.45) is 11.8 Å². The quantitative estimate of drug-likeness (QED) is 0.570. The summed E-state index contributed by atoms with van der Waals surface area (Å²) in [6.07, 6.45) is 4.94. The van der Waals surface area contributed by atoms with Crippen LogP contribution in [0.4, 0.5) is 11.4 Å². The lowest BCUT2D eigenvalue weighted by atomic mass is 9.81. The van der Waals surface area contributed by atoms with E-state index >= 15 is 0 Å². The SMILES string of the molecule is Cc1ccc(NC(=O)C2CCC(CNS(=O)(=O)c3ccc4c(c3)CCCC(=O)N4)CC2)cc1C. The van der Waals surface area contributed by atoms with Crippen LogP contribution in [0.15, 0.2) is 41.3 Å². The Balaban J connectivity index is 1.29. The van der Waals surface area contributed by atoms with Crippen molar-refractivity contribution in [3.05, 3.63) is 53.1 Å². The highest BCUT2D eigenvalue weighted by Crippen LogP contribution is 2.30. The van der Waals surface area contributed by atoms with Crippen LogP contribution in [-0.4, -0.2) is 26.8 Å². The summed E-state index contributed by atoms with van der Waals surface area (Å²) in [6, 6.07) is 10.8. The van der Waals surface area contributed by atoms with Gasteiger partial charge in [-0.1, -0.05) is 6.07 Å². The van der Waals surface area contributed by atoms with E-state index in [1.807, 2.05) is 32.0 Å². The molecule has 2 amide bonds. The van der Waals surface area contributed by atoms with Gasteiger partial charge in [0.05, 0.1) is 4.90 Å². The second kappa shape index (κ2) is 10.3. The molecule has 1 aliphatic heterocycles.